The van der Waals surface area contributed by atoms with Gasteiger partial charge in [0.05, 0.1) is 18.4 Å². The third-order valence-corrected chi connectivity index (χ3v) is 10.3. The first-order valence-electron chi connectivity index (χ1n) is 13.5. The lowest BCUT2D eigenvalue weighted by Gasteiger charge is -2.70. The van der Waals surface area contributed by atoms with Crippen LogP contribution in [-0.2, 0) is 16.6 Å². The van der Waals surface area contributed by atoms with Gasteiger partial charge in [0.1, 0.15) is 11.7 Å². The van der Waals surface area contributed by atoms with E-state index in [0.29, 0.717) is 17.9 Å². The molecule has 4 bridgehead atoms. The first kappa shape index (κ1) is 22.6. The predicted octanol–water partition coefficient (Wildman–Crippen LogP) is 4.52. The number of piperidine rings is 1. The Morgan fingerprint density at radius 3 is 2.71 bits per heavy atom. The second-order valence-electron chi connectivity index (χ2n) is 11.7. The summed E-state index contributed by atoms with van der Waals surface area (Å²) in [4.78, 5) is 2.54. The van der Waals surface area contributed by atoms with E-state index in [-0.39, 0.29) is 22.9 Å². The highest BCUT2D eigenvalue weighted by atomic mass is 16.6. The first-order valence-corrected chi connectivity index (χ1v) is 13.5. The number of rotatable bonds is 5. The van der Waals surface area contributed by atoms with Crippen molar-refractivity contribution in [3.63, 3.8) is 0 Å². The molecule has 2 fully saturated rings. The van der Waals surface area contributed by atoms with Gasteiger partial charge in [0.25, 0.3) is 0 Å². The van der Waals surface area contributed by atoms with Crippen LogP contribution in [0.2, 0.25) is 0 Å². The molecule has 3 heterocycles. The fourth-order valence-electron chi connectivity index (χ4n) is 8.67. The number of ether oxygens (including phenoxy) is 3. The van der Waals surface area contributed by atoms with Crippen molar-refractivity contribution in [1.82, 2.24) is 15.1 Å². The van der Waals surface area contributed by atoms with Crippen LogP contribution in [0.15, 0.2) is 53.0 Å². The predicted molar refractivity (Wildman–Crippen MR) is 141 cm³/mol. The molecule has 8 nitrogen and oxygen atoms in total. The average molecular weight is 513 g/mol. The molecule has 0 amide bonds. The Hall–Kier alpha value is -3.36. The standard InChI is InChI=1S/C30H32N4O4/c1-17-5-8-19(9-6-17)31-27-33-32-25(38-27)20-16-28-11-12-30(20,36-4)26-29(28)13-14-34(2)22(28)15-18-7-10-21(35-3)24(37-26)23(18)29/h5-12,20,22,26H,13-16H2,1-4H3,(H,31,33)/t20-,22-,26-,28-,29+,30-/m1/s1. The van der Waals surface area contributed by atoms with Gasteiger partial charge in [0.15, 0.2) is 11.5 Å². The van der Waals surface area contributed by atoms with Crippen molar-refractivity contribution in [3.8, 4) is 11.5 Å². The minimum absolute atomic E-state index is 0.140. The summed E-state index contributed by atoms with van der Waals surface area (Å²) in [7, 11) is 5.77. The lowest BCUT2D eigenvalue weighted by molar-refractivity contribution is -0.200. The lowest BCUT2D eigenvalue weighted by atomic mass is 9.37. The van der Waals surface area contributed by atoms with Crippen molar-refractivity contribution in [2.45, 2.75) is 55.3 Å². The Labute approximate surface area is 222 Å². The van der Waals surface area contributed by atoms with Crippen molar-refractivity contribution < 1.29 is 18.6 Å². The van der Waals surface area contributed by atoms with E-state index in [4.69, 9.17) is 18.6 Å². The van der Waals surface area contributed by atoms with Crippen LogP contribution in [-0.4, -0.2) is 60.7 Å². The van der Waals surface area contributed by atoms with Gasteiger partial charge in [0.2, 0.25) is 5.89 Å². The zero-order valence-electron chi connectivity index (χ0n) is 22.2. The number of nitrogens with zero attached hydrogens (tertiary/aromatic N) is 3. The molecule has 4 aliphatic carbocycles. The quantitative estimate of drug-likeness (QED) is 0.500. The highest BCUT2D eigenvalue weighted by Gasteiger charge is 2.79. The number of nitrogens with one attached hydrogen (secondary N) is 1. The maximum atomic E-state index is 7.00. The molecule has 196 valence electrons. The van der Waals surface area contributed by atoms with E-state index in [9.17, 15) is 0 Å². The molecule has 3 aromatic rings. The van der Waals surface area contributed by atoms with Crippen molar-refractivity contribution >= 4 is 11.7 Å². The van der Waals surface area contributed by atoms with E-state index in [1.807, 2.05) is 12.1 Å². The molecule has 2 aromatic carbocycles. The van der Waals surface area contributed by atoms with Crippen LogP contribution in [0.1, 0.15) is 41.3 Å². The first-order chi connectivity index (χ1) is 18.5. The molecule has 9 rings (SSSR count). The van der Waals surface area contributed by atoms with Crippen LogP contribution in [0, 0.1) is 12.3 Å². The molecule has 1 aromatic heterocycles. The summed E-state index contributed by atoms with van der Waals surface area (Å²) < 4.78 is 25.6. The van der Waals surface area contributed by atoms with Crippen LogP contribution < -0.4 is 14.8 Å². The Morgan fingerprint density at radius 2 is 1.92 bits per heavy atom. The number of likely N-dealkylation sites (N-methyl/N-ethyl adjacent to an activating group) is 1. The smallest absolute Gasteiger partial charge is 0.320 e. The SMILES string of the molecule is COc1ccc2c3c1O[C@H]1[C@@]4(OC)C=C[C@@]5(C[C@@H]4c4nnc(Nc6ccc(C)cc6)o4)[C@@H](C2)N(C)CC[C@]315. The van der Waals surface area contributed by atoms with Crippen LogP contribution >= 0.6 is 0 Å². The minimum atomic E-state index is -0.742. The number of methoxy groups -OCH3 is 2. The van der Waals surface area contributed by atoms with Crippen LogP contribution in [0.3, 0.4) is 0 Å². The molecule has 2 aliphatic heterocycles. The lowest BCUT2D eigenvalue weighted by Crippen LogP contribution is -2.78. The van der Waals surface area contributed by atoms with Crippen molar-refractivity contribution in [2.24, 2.45) is 5.41 Å². The van der Waals surface area contributed by atoms with Gasteiger partial charge in [-0.3, -0.25) is 0 Å². The fraction of sp³-hybridized carbons (Fsp3) is 0.467. The summed E-state index contributed by atoms with van der Waals surface area (Å²) in [6.07, 6.45) is 7.31. The average Bonchev–Trinajstić information content (AvgIpc) is 3.55. The number of benzene rings is 2. The molecular weight excluding hydrogens is 480 g/mol. The summed E-state index contributed by atoms with van der Waals surface area (Å²) in [5.74, 6) is 2.12. The van der Waals surface area contributed by atoms with Gasteiger partial charge in [-0.05, 0) is 63.5 Å². The van der Waals surface area contributed by atoms with Gasteiger partial charge in [-0.25, -0.2) is 0 Å². The second-order valence-corrected chi connectivity index (χ2v) is 11.7. The second kappa shape index (κ2) is 7.39. The van der Waals surface area contributed by atoms with Crippen LogP contribution in [0.4, 0.5) is 11.7 Å². The number of anilines is 2. The number of aromatic nitrogens is 2. The number of fused-ring (bicyclic) bond motifs is 1. The zero-order chi connectivity index (χ0) is 25.9. The topological polar surface area (TPSA) is 81.9 Å². The van der Waals surface area contributed by atoms with Crippen LogP contribution in [0.5, 0.6) is 11.5 Å². The van der Waals surface area contributed by atoms with Gasteiger partial charge in [0, 0.05) is 29.8 Å². The Morgan fingerprint density at radius 1 is 1.08 bits per heavy atom. The summed E-state index contributed by atoms with van der Waals surface area (Å²) >= 11 is 0. The van der Waals surface area contributed by atoms with E-state index in [1.165, 1.54) is 16.7 Å². The molecule has 1 saturated heterocycles. The number of hydrogen-bond acceptors (Lipinski definition) is 8. The maximum Gasteiger partial charge on any atom is 0.320 e. The fourth-order valence-corrected chi connectivity index (χ4v) is 8.67. The maximum absolute atomic E-state index is 7.00. The third kappa shape index (κ3) is 2.49. The minimum Gasteiger partial charge on any atom is -0.493 e. The number of likely N-dealkylation sites (tertiary alicyclic amines) is 1. The Kier molecular flexibility index (Phi) is 4.40. The molecule has 6 aliphatic rings. The molecule has 0 radical (unpaired) electrons. The molecule has 6 atom stereocenters. The van der Waals surface area contributed by atoms with E-state index in [2.05, 4.69) is 70.8 Å². The highest BCUT2D eigenvalue weighted by Crippen LogP contribution is 2.75. The largest absolute Gasteiger partial charge is 0.493 e. The Balaban J connectivity index is 1.27. The van der Waals surface area contributed by atoms with Gasteiger partial charge in [-0.2, -0.15) is 0 Å². The van der Waals surface area contributed by atoms with Gasteiger partial charge in [-0.15, -0.1) is 5.10 Å². The van der Waals surface area contributed by atoms with Crippen molar-refractivity contribution in [1.29, 1.82) is 0 Å². The molecule has 1 N–H and O–H groups in total. The van der Waals surface area contributed by atoms with Crippen molar-refractivity contribution in [2.75, 3.05) is 33.1 Å². The van der Waals surface area contributed by atoms with Gasteiger partial charge >= 0.3 is 6.01 Å². The summed E-state index contributed by atoms with van der Waals surface area (Å²) in [6.45, 7) is 3.09. The molecule has 2 spiro atoms. The van der Waals surface area contributed by atoms with Gasteiger partial charge < -0.3 is 28.8 Å². The van der Waals surface area contributed by atoms with E-state index in [1.54, 1.807) is 14.2 Å². The number of aryl methyl sites for hydroxylation is 1. The Bertz CT molecular complexity index is 1480. The highest BCUT2D eigenvalue weighted by molar-refractivity contribution is 5.66. The van der Waals surface area contributed by atoms with Crippen molar-refractivity contribution in [3.05, 3.63) is 71.1 Å². The monoisotopic (exact) mass is 512 g/mol. The molecule has 38 heavy (non-hydrogen) atoms. The number of hydrogen-bond donors (Lipinski definition) is 1. The third-order valence-electron chi connectivity index (χ3n) is 10.3. The molecule has 1 saturated carbocycles. The summed E-state index contributed by atoms with van der Waals surface area (Å²) in [5.41, 5.74) is 3.74. The molecule has 8 heteroatoms. The van der Waals surface area contributed by atoms with E-state index >= 15 is 0 Å². The zero-order valence-corrected chi connectivity index (χ0v) is 22.2. The molecule has 0 unspecified atom stereocenters. The van der Waals surface area contributed by atoms with Crippen LogP contribution in [0.25, 0.3) is 0 Å². The van der Waals surface area contributed by atoms with E-state index in [0.717, 1.165) is 43.0 Å². The normalized spacial score (nSPS) is 35.6. The summed E-state index contributed by atoms with van der Waals surface area (Å²) in [5, 5.41) is 12.2. The van der Waals surface area contributed by atoms with E-state index < -0.39 is 5.60 Å². The summed E-state index contributed by atoms with van der Waals surface area (Å²) in [6, 6.07) is 13.2. The van der Waals surface area contributed by atoms with Gasteiger partial charge in [-0.1, -0.05) is 41.0 Å². The molecular formula is C30H32N4O4.